The summed E-state index contributed by atoms with van der Waals surface area (Å²) in [6.07, 6.45) is -0.160. The summed E-state index contributed by atoms with van der Waals surface area (Å²) in [6.45, 7) is 6.46. The molecule has 0 bridgehead atoms. The lowest BCUT2D eigenvalue weighted by atomic mass is 10.1. The number of rotatable bonds is 7. The van der Waals surface area contributed by atoms with Crippen LogP contribution >= 0.6 is 0 Å². The Morgan fingerprint density at radius 1 is 1.30 bits per heavy atom. The van der Waals surface area contributed by atoms with Crippen LogP contribution in [0.3, 0.4) is 0 Å². The van der Waals surface area contributed by atoms with Gasteiger partial charge in [0.25, 0.3) is 0 Å². The van der Waals surface area contributed by atoms with Crippen LogP contribution in [0.1, 0.15) is 23.6 Å². The Kier molecular flexibility index (Phi) is 6.13. The van der Waals surface area contributed by atoms with Crippen molar-refractivity contribution >= 4 is 10.0 Å². The molecule has 0 aliphatic carbocycles. The van der Waals surface area contributed by atoms with E-state index in [0.717, 1.165) is 16.7 Å². The molecule has 0 saturated heterocycles. The molecule has 6 heteroatoms. The summed E-state index contributed by atoms with van der Waals surface area (Å²) in [5.41, 5.74) is 2.70. The second-order valence-corrected chi connectivity index (χ2v) is 6.70. The van der Waals surface area contributed by atoms with Crippen molar-refractivity contribution in [1.82, 2.24) is 10.0 Å². The third-order valence-corrected chi connectivity index (χ3v) is 4.86. The van der Waals surface area contributed by atoms with Crippen molar-refractivity contribution in [3.8, 4) is 0 Å². The summed E-state index contributed by atoms with van der Waals surface area (Å²) in [4.78, 5) is 0.339. The Labute approximate surface area is 121 Å². The van der Waals surface area contributed by atoms with Gasteiger partial charge in [-0.3, -0.25) is 0 Å². The van der Waals surface area contributed by atoms with Crippen molar-refractivity contribution in [1.29, 1.82) is 0 Å². The van der Waals surface area contributed by atoms with E-state index in [2.05, 4.69) is 10.0 Å². The standard InChI is InChI=1S/C14H24N2O3S/c1-10-6-13(9-15-4)7-14(12(10)3)20(17,18)16-8-11(2)19-5/h6-7,11,15-16H,8-9H2,1-5H3. The van der Waals surface area contributed by atoms with Crippen LogP contribution in [0.5, 0.6) is 0 Å². The predicted octanol–water partition coefficient (Wildman–Crippen LogP) is 1.34. The largest absolute Gasteiger partial charge is 0.380 e. The highest BCUT2D eigenvalue weighted by atomic mass is 32.2. The van der Waals surface area contributed by atoms with E-state index in [0.29, 0.717) is 11.4 Å². The van der Waals surface area contributed by atoms with Crippen LogP contribution in [0.15, 0.2) is 17.0 Å². The molecule has 0 spiro atoms. The monoisotopic (exact) mass is 300 g/mol. The second kappa shape index (κ2) is 7.17. The molecule has 0 aliphatic heterocycles. The van der Waals surface area contributed by atoms with Crippen molar-refractivity contribution < 1.29 is 13.2 Å². The van der Waals surface area contributed by atoms with Gasteiger partial charge in [0.15, 0.2) is 0 Å². The van der Waals surface area contributed by atoms with E-state index >= 15 is 0 Å². The molecule has 0 fully saturated rings. The molecule has 0 aliphatic rings. The molecule has 0 aromatic heterocycles. The molecular formula is C14H24N2O3S. The molecule has 1 rings (SSSR count). The van der Waals surface area contributed by atoms with Crippen molar-refractivity contribution in [2.24, 2.45) is 0 Å². The molecule has 1 atom stereocenters. The SMILES string of the molecule is CNCc1cc(C)c(C)c(S(=O)(=O)NCC(C)OC)c1. The molecule has 0 amide bonds. The fraction of sp³-hybridized carbons (Fsp3) is 0.571. The van der Waals surface area contributed by atoms with Crippen LogP contribution in [0.25, 0.3) is 0 Å². The molecule has 1 unspecified atom stereocenters. The minimum Gasteiger partial charge on any atom is -0.380 e. The van der Waals surface area contributed by atoms with Gasteiger partial charge in [0, 0.05) is 20.2 Å². The van der Waals surface area contributed by atoms with Crippen LogP contribution < -0.4 is 10.0 Å². The summed E-state index contributed by atoms with van der Waals surface area (Å²) >= 11 is 0. The van der Waals surface area contributed by atoms with Gasteiger partial charge in [-0.15, -0.1) is 0 Å². The molecule has 5 nitrogen and oxygen atoms in total. The van der Waals surface area contributed by atoms with Crippen LogP contribution in [0.4, 0.5) is 0 Å². The minimum absolute atomic E-state index is 0.160. The number of sulfonamides is 1. The number of hydrogen-bond acceptors (Lipinski definition) is 4. The molecular weight excluding hydrogens is 276 g/mol. The van der Waals surface area contributed by atoms with Crippen molar-refractivity contribution in [3.05, 3.63) is 28.8 Å². The number of benzene rings is 1. The van der Waals surface area contributed by atoms with Gasteiger partial charge in [-0.2, -0.15) is 0 Å². The normalized spacial score (nSPS) is 13.4. The molecule has 0 radical (unpaired) electrons. The average molecular weight is 300 g/mol. The van der Waals surface area contributed by atoms with Gasteiger partial charge in [0.2, 0.25) is 10.0 Å². The molecule has 1 aromatic carbocycles. The molecule has 20 heavy (non-hydrogen) atoms. The number of aryl methyl sites for hydroxylation is 1. The molecule has 2 N–H and O–H groups in total. The maximum atomic E-state index is 12.4. The van der Waals surface area contributed by atoms with E-state index in [-0.39, 0.29) is 12.6 Å². The lowest BCUT2D eigenvalue weighted by molar-refractivity contribution is 0.122. The zero-order chi connectivity index (χ0) is 15.3. The van der Waals surface area contributed by atoms with Crippen LogP contribution in [0, 0.1) is 13.8 Å². The summed E-state index contributed by atoms with van der Waals surface area (Å²) in [5, 5.41) is 3.03. The highest BCUT2D eigenvalue weighted by Crippen LogP contribution is 2.21. The Morgan fingerprint density at radius 3 is 2.50 bits per heavy atom. The van der Waals surface area contributed by atoms with E-state index < -0.39 is 10.0 Å². The van der Waals surface area contributed by atoms with Crippen molar-refractivity contribution in [3.63, 3.8) is 0 Å². The minimum atomic E-state index is -3.52. The van der Waals surface area contributed by atoms with Crippen LogP contribution in [0.2, 0.25) is 0 Å². The van der Waals surface area contributed by atoms with Crippen molar-refractivity contribution in [2.45, 2.75) is 38.3 Å². The Bertz CT molecular complexity index is 556. The maximum Gasteiger partial charge on any atom is 0.240 e. The predicted molar refractivity (Wildman–Crippen MR) is 80.3 cm³/mol. The Balaban J connectivity index is 3.10. The zero-order valence-electron chi connectivity index (χ0n) is 12.8. The van der Waals surface area contributed by atoms with Gasteiger partial charge < -0.3 is 10.1 Å². The summed E-state index contributed by atoms with van der Waals surface area (Å²) in [6, 6.07) is 3.72. The van der Waals surface area contributed by atoms with Gasteiger partial charge in [-0.25, -0.2) is 13.1 Å². The zero-order valence-corrected chi connectivity index (χ0v) is 13.6. The molecule has 114 valence electrons. The van der Waals surface area contributed by atoms with E-state index in [4.69, 9.17) is 4.74 Å². The number of methoxy groups -OCH3 is 1. The van der Waals surface area contributed by atoms with Gasteiger partial charge in [0.05, 0.1) is 11.0 Å². The van der Waals surface area contributed by atoms with E-state index in [9.17, 15) is 8.42 Å². The third-order valence-electron chi connectivity index (χ3n) is 3.31. The topological polar surface area (TPSA) is 67.4 Å². The molecule has 1 aromatic rings. The number of hydrogen-bond donors (Lipinski definition) is 2. The summed E-state index contributed by atoms with van der Waals surface area (Å²) < 4.78 is 32.4. The third kappa shape index (κ3) is 4.28. The van der Waals surface area contributed by atoms with Crippen LogP contribution in [-0.2, 0) is 21.3 Å². The Hall–Kier alpha value is -0.950. The lowest BCUT2D eigenvalue weighted by Gasteiger charge is -2.15. The van der Waals surface area contributed by atoms with Crippen LogP contribution in [-0.4, -0.2) is 35.2 Å². The smallest absolute Gasteiger partial charge is 0.240 e. The first kappa shape index (κ1) is 17.1. The van der Waals surface area contributed by atoms with E-state index in [1.807, 2.05) is 33.9 Å². The first-order valence-corrected chi connectivity index (χ1v) is 8.07. The second-order valence-electron chi connectivity index (χ2n) is 4.96. The summed E-state index contributed by atoms with van der Waals surface area (Å²) in [5.74, 6) is 0. The van der Waals surface area contributed by atoms with Crippen molar-refractivity contribution in [2.75, 3.05) is 20.7 Å². The number of nitrogens with one attached hydrogen (secondary N) is 2. The fourth-order valence-electron chi connectivity index (χ4n) is 1.87. The highest BCUT2D eigenvalue weighted by molar-refractivity contribution is 7.89. The van der Waals surface area contributed by atoms with E-state index in [1.54, 1.807) is 13.2 Å². The first-order valence-electron chi connectivity index (χ1n) is 6.59. The number of ether oxygens (including phenoxy) is 1. The van der Waals surface area contributed by atoms with Gasteiger partial charge in [0.1, 0.15) is 0 Å². The van der Waals surface area contributed by atoms with Gasteiger partial charge in [-0.1, -0.05) is 6.07 Å². The molecule has 0 heterocycles. The summed E-state index contributed by atoms with van der Waals surface area (Å²) in [7, 11) is -0.125. The lowest BCUT2D eigenvalue weighted by Crippen LogP contribution is -2.32. The molecule has 0 saturated carbocycles. The van der Waals surface area contributed by atoms with Gasteiger partial charge in [-0.05, 0) is 50.6 Å². The quantitative estimate of drug-likeness (QED) is 0.797. The average Bonchev–Trinajstić information content (AvgIpc) is 2.40. The van der Waals surface area contributed by atoms with E-state index in [1.165, 1.54) is 0 Å². The highest BCUT2D eigenvalue weighted by Gasteiger charge is 2.19. The Morgan fingerprint density at radius 2 is 1.95 bits per heavy atom. The van der Waals surface area contributed by atoms with Gasteiger partial charge >= 0.3 is 0 Å². The maximum absolute atomic E-state index is 12.4. The first-order chi connectivity index (χ1) is 9.31. The fourth-order valence-corrected chi connectivity index (χ4v) is 3.35.